The van der Waals surface area contributed by atoms with Gasteiger partial charge in [0.2, 0.25) is 0 Å². The van der Waals surface area contributed by atoms with Crippen LogP contribution in [0.3, 0.4) is 0 Å². The van der Waals surface area contributed by atoms with Crippen LogP contribution in [0.25, 0.3) is 5.65 Å². The molecule has 0 spiro atoms. The fourth-order valence-electron chi connectivity index (χ4n) is 3.33. The number of rotatable bonds is 5. The summed E-state index contributed by atoms with van der Waals surface area (Å²) in [5.41, 5.74) is 2.50. The maximum absolute atomic E-state index is 12.6. The van der Waals surface area contributed by atoms with Crippen LogP contribution < -0.4 is 0 Å². The molecule has 1 saturated heterocycles. The standard InChI is InChI=1S/C20H20N6O/c21-12-17-13-22-26-7-6-18(23-20(17)26)19(27)15-25-10-8-24(9-11-25)14-16-4-2-1-3-5-16/h1-7,13H,8-11,14-15H2. The SMILES string of the molecule is N#Cc1cnn2ccc(C(=O)CN3CCN(Cc4ccccc4)CC3)nc12. The van der Waals surface area contributed by atoms with Gasteiger partial charge in [-0.2, -0.15) is 10.4 Å². The molecule has 0 amide bonds. The number of piperazine rings is 1. The van der Waals surface area contributed by atoms with Crippen molar-refractivity contribution in [2.24, 2.45) is 0 Å². The Kier molecular flexibility index (Phi) is 4.92. The molecule has 7 heteroatoms. The molecule has 2 aromatic heterocycles. The number of hydrogen-bond donors (Lipinski definition) is 0. The summed E-state index contributed by atoms with van der Waals surface area (Å²) in [6.07, 6.45) is 3.14. The molecule has 1 aliphatic rings. The Labute approximate surface area is 157 Å². The minimum Gasteiger partial charge on any atom is -0.297 e. The van der Waals surface area contributed by atoms with Crippen molar-refractivity contribution in [1.82, 2.24) is 24.4 Å². The van der Waals surface area contributed by atoms with E-state index in [0.29, 0.717) is 23.4 Å². The molecule has 0 atom stereocenters. The van der Waals surface area contributed by atoms with Crippen LogP contribution in [-0.4, -0.2) is 62.9 Å². The van der Waals surface area contributed by atoms with E-state index in [0.717, 1.165) is 32.7 Å². The van der Waals surface area contributed by atoms with Gasteiger partial charge < -0.3 is 0 Å². The van der Waals surface area contributed by atoms with Crippen molar-refractivity contribution in [2.45, 2.75) is 6.54 Å². The van der Waals surface area contributed by atoms with Crippen molar-refractivity contribution >= 4 is 11.4 Å². The monoisotopic (exact) mass is 360 g/mol. The van der Waals surface area contributed by atoms with E-state index in [2.05, 4.69) is 44.1 Å². The second-order valence-electron chi connectivity index (χ2n) is 6.71. The predicted octanol–water partition coefficient (Wildman–Crippen LogP) is 1.60. The Morgan fingerprint density at radius 1 is 1.07 bits per heavy atom. The number of carbonyl (C=O) groups is 1. The molecule has 0 unspecified atom stereocenters. The summed E-state index contributed by atoms with van der Waals surface area (Å²) < 4.78 is 1.51. The Hall–Kier alpha value is -3.08. The van der Waals surface area contributed by atoms with Gasteiger partial charge in [-0.05, 0) is 11.6 Å². The lowest BCUT2D eigenvalue weighted by molar-refractivity contribution is 0.0839. The van der Waals surface area contributed by atoms with Crippen molar-refractivity contribution in [2.75, 3.05) is 32.7 Å². The first-order valence-corrected chi connectivity index (χ1v) is 8.99. The van der Waals surface area contributed by atoms with Gasteiger partial charge in [-0.15, -0.1) is 0 Å². The largest absolute Gasteiger partial charge is 0.297 e. The molecule has 7 nitrogen and oxygen atoms in total. The highest BCUT2D eigenvalue weighted by Gasteiger charge is 2.20. The molecule has 1 aromatic carbocycles. The van der Waals surface area contributed by atoms with E-state index in [4.69, 9.17) is 5.26 Å². The molecule has 27 heavy (non-hydrogen) atoms. The molecule has 0 aliphatic carbocycles. The molecule has 0 N–H and O–H groups in total. The van der Waals surface area contributed by atoms with Crippen molar-refractivity contribution in [1.29, 1.82) is 5.26 Å². The first kappa shape index (κ1) is 17.3. The Morgan fingerprint density at radius 2 is 1.81 bits per heavy atom. The molecule has 0 radical (unpaired) electrons. The molecular formula is C20H20N6O. The fourth-order valence-corrected chi connectivity index (χ4v) is 3.33. The van der Waals surface area contributed by atoms with Crippen LogP contribution in [0.2, 0.25) is 0 Å². The number of ketones is 1. The van der Waals surface area contributed by atoms with E-state index in [-0.39, 0.29) is 5.78 Å². The number of hydrogen-bond acceptors (Lipinski definition) is 6. The van der Waals surface area contributed by atoms with Gasteiger partial charge in [0, 0.05) is 38.9 Å². The molecule has 136 valence electrons. The highest BCUT2D eigenvalue weighted by Crippen LogP contribution is 2.11. The number of carbonyl (C=O) groups excluding carboxylic acids is 1. The lowest BCUT2D eigenvalue weighted by Gasteiger charge is -2.34. The first-order valence-electron chi connectivity index (χ1n) is 8.99. The van der Waals surface area contributed by atoms with Gasteiger partial charge in [-0.25, -0.2) is 9.50 Å². The lowest BCUT2D eigenvalue weighted by Crippen LogP contribution is -2.47. The second-order valence-corrected chi connectivity index (χ2v) is 6.71. The maximum atomic E-state index is 12.6. The molecule has 1 fully saturated rings. The van der Waals surface area contributed by atoms with Crippen LogP contribution in [-0.2, 0) is 6.54 Å². The van der Waals surface area contributed by atoms with Gasteiger partial charge in [0.25, 0.3) is 0 Å². The van der Waals surface area contributed by atoms with Crippen molar-refractivity contribution < 1.29 is 4.79 Å². The van der Waals surface area contributed by atoms with Gasteiger partial charge in [0.05, 0.1) is 12.7 Å². The third kappa shape index (κ3) is 3.87. The van der Waals surface area contributed by atoms with Crippen molar-refractivity contribution in [3.05, 3.63) is 65.6 Å². The summed E-state index contributed by atoms with van der Waals surface area (Å²) in [6, 6.07) is 14.1. The second kappa shape index (κ2) is 7.66. The van der Waals surface area contributed by atoms with Crippen LogP contribution in [0.15, 0.2) is 48.8 Å². The minimum absolute atomic E-state index is 0.0286. The number of benzene rings is 1. The van der Waals surface area contributed by atoms with Gasteiger partial charge in [-0.3, -0.25) is 14.6 Å². The smallest absolute Gasteiger partial charge is 0.195 e. The van der Waals surface area contributed by atoms with Crippen LogP contribution in [0.5, 0.6) is 0 Å². The molecule has 1 aliphatic heterocycles. The van der Waals surface area contributed by atoms with E-state index in [1.807, 2.05) is 12.1 Å². The zero-order valence-corrected chi connectivity index (χ0v) is 15.0. The first-order chi connectivity index (χ1) is 13.2. The number of nitriles is 1. The third-order valence-corrected chi connectivity index (χ3v) is 4.86. The van der Waals surface area contributed by atoms with Gasteiger partial charge >= 0.3 is 0 Å². The quantitative estimate of drug-likeness (QED) is 0.643. The van der Waals surface area contributed by atoms with Crippen LogP contribution >= 0.6 is 0 Å². The van der Waals surface area contributed by atoms with Crippen LogP contribution in [0.4, 0.5) is 0 Å². The number of fused-ring (bicyclic) bond motifs is 1. The Bertz CT molecular complexity index is 983. The number of Topliss-reactive ketones (excluding diaryl/α,β-unsaturated/α-hetero) is 1. The predicted molar refractivity (Wildman–Crippen MR) is 100 cm³/mol. The molecular weight excluding hydrogens is 340 g/mol. The highest BCUT2D eigenvalue weighted by atomic mass is 16.1. The summed E-state index contributed by atoms with van der Waals surface area (Å²) in [6.45, 7) is 4.89. The maximum Gasteiger partial charge on any atom is 0.195 e. The minimum atomic E-state index is -0.0286. The van der Waals surface area contributed by atoms with Crippen LogP contribution in [0, 0.1) is 11.3 Å². The van der Waals surface area contributed by atoms with E-state index >= 15 is 0 Å². The van der Waals surface area contributed by atoms with E-state index in [1.165, 1.54) is 16.3 Å². The summed E-state index contributed by atoms with van der Waals surface area (Å²) in [5, 5.41) is 13.2. The average molecular weight is 360 g/mol. The summed E-state index contributed by atoms with van der Waals surface area (Å²) >= 11 is 0. The van der Waals surface area contributed by atoms with E-state index < -0.39 is 0 Å². The zero-order chi connectivity index (χ0) is 18.6. The van der Waals surface area contributed by atoms with Gasteiger partial charge in [0.15, 0.2) is 11.4 Å². The number of aromatic nitrogens is 3. The third-order valence-electron chi connectivity index (χ3n) is 4.86. The molecule has 0 saturated carbocycles. The van der Waals surface area contributed by atoms with E-state index in [9.17, 15) is 4.79 Å². The summed E-state index contributed by atoms with van der Waals surface area (Å²) in [7, 11) is 0. The van der Waals surface area contributed by atoms with E-state index in [1.54, 1.807) is 12.3 Å². The van der Waals surface area contributed by atoms with Gasteiger partial charge in [0.1, 0.15) is 17.3 Å². The van der Waals surface area contributed by atoms with Crippen LogP contribution in [0.1, 0.15) is 21.6 Å². The van der Waals surface area contributed by atoms with Gasteiger partial charge in [-0.1, -0.05) is 30.3 Å². The van der Waals surface area contributed by atoms with Crippen molar-refractivity contribution in [3.63, 3.8) is 0 Å². The Morgan fingerprint density at radius 3 is 2.56 bits per heavy atom. The average Bonchev–Trinajstić information content (AvgIpc) is 3.12. The zero-order valence-electron chi connectivity index (χ0n) is 15.0. The Balaban J connectivity index is 1.35. The normalized spacial score (nSPS) is 15.7. The number of nitrogens with zero attached hydrogens (tertiary/aromatic N) is 6. The summed E-state index contributed by atoms with van der Waals surface area (Å²) in [5.74, 6) is -0.0286. The fraction of sp³-hybridized carbons (Fsp3) is 0.300. The topological polar surface area (TPSA) is 77.5 Å². The summed E-state index contributed by atoms with van der Waals surface area (Å²) in [4.78, 5) is 21.5. The van der Waals surface area contributed by atoms with Crippen molar-refractivity contribution in [3.8, 4) is 6.07 Å². The lowest BCUT2D eigenvalue weighted by atomic mass is 10.2. The highest BCUT2D eigenvalue weighted by molar-refractivity contribution is 5.96. The molecule has 4 rings (SSSR count). The molecule has 3 heterocycles. The molecule has 3 aromatic rings. The molecule has 0 bridgehead atoms.